The van der Waals surface area contributed by atoms with E-state index in [-0.39, 0.29) is 18.1 Å². The highest BCUT2D eigenvalue weighted by molar-refractivity contribution is 5.91. The van der Waals surface area contributed by atoms with Gasteiger partial charge in [-0.15, -0.1) is 0 Å². The van der Waals surface area contributed by atoms with Gasteiger partial charge in [0.05, 0.1) is 36.4 Å². The number of hydrogen-bond acceptors (Lipinski definition) is 6. The molecule has 2 atom stereocenters. The molecule has 0 unspecified atom stereocenters. The molecule has 1 saturated heterocycles. The fraction of sp³-hybridized carbons (Fsp3) is 0.571. The molecule has 6 nitrogen and oxygen atoms in total. The summed E-state index contributed by atoms with van der Waals surface area (Å²) in [4.78, 5) is 18.1. The van der Waals surface area contributed by atoms with E-state index in [1.807, 2.05) is 6.07 Å². The summed E-state index contributed by atoms with van der Waals surface area (Å²) in [6, 6.07) is 1.87. The number of esters is 1. The average Bonchev–Trinajstić information content (AvgIpc) is 2.47. The van der Waals surface area contributed by atoms with Gasteiger partial charge in [0.2, 0.25) is 0 Å². The van der Waals surface area contributed by atoms with Crippen LogP contribution in [-0.4, -0.2) is 50.4 Å². The first-order chi connectivity index (χ1) is 9.56. The number of aryl methyl sites for hydroxylation is 1. The second kappa shape index (κ2) is 6.19. The number of pyridine rings is 1. The van der Waals surface area contributed by atoms with E-state index in [1.54, 1.807) is 20.2 Å². The van der Waals surface area contributed by atoms with Crippen molar-refractivity contribution < 1.29 is 14.3 Å². The van der Waals surface area contributed by atoms with E-state index in [9.17, 15) is 4.79 Å². The van der Waals surface area contributed by atoms with Crippen molar-refractivity contribution in [3.05, 3.63) is 23.5 Å². The molecule has 0 radical (unpaired) electrons. The molecule has 1 aromatic heterocycles. The van der Waals surface area contributed by atoms with Gasteiger partial charge in [0.15, 0.2) is 0 Å². The lowest BCUT2D eigenvalue weighted by Gasteiger charge is -2.37. The van der Waals surface area contributed by atoms with Crippen LogP contribution < -0.4 is 10.6 Å². The van der Waals surface area contributed by atoms with Gasteiger partial charge in [0.25, 0.3) is 0 Å². The van der Waals surface area contributed by atoms with E-state index in [0.29, 0.717) is 17.8 Å². The van der Waals surface area contributed by atoms with Gasteiger partial charge in [-0.25, -0.2) is 4.79 Å². The monoisotopic (exact) mass is 279 g/mol. The van der Waals surface area contributed by atoms with Crippen LogP contribution in [0.5, 0.6) is 0 Å². The summed E-state index contributed by atoms with van der Waals surface area (Å²) in [7, 11) is 3.04. The number of carbonyl (C=O) groups is 1. The molecule has 0 bridgehead atoms. The second-order valence-electron chi connectivity index (χ2n) is 4.99. The normalized spacial score (nSPS) is 22.7. The molecule has 2 heterocycles. The number of hydrogen-bond donors (Lipinski definition) is 1. The van der Waals surface area contributed by atoms with Crippen molar-refractivity contribution in [2.45, 2.75) is 25.5 Å². The Balaban J connectivity index is 2.23. The van der Waals surface area contributed by atoms with Crippen molar-refractivity contribution in [1.82, 2.24) is 4.98 Å². The minimum atomic E-state index is -0.367. The zero-order chi connectivity index (χ0) is 14.7. The summed E-state index contributed by atoms with van der Waals surface area (Å²) < 4.78 is 10.2. The van der Waals surface area contributed by atoms with Crippen LogP contribution in [0.4, 0.5) is 5.69 Å². The van der Waals surface area contributed by atoms with Crippen molar-refractivity contribution in [1.29, 1.82) is 0 Å². The molecule has 2 N–H and O–H groups in total. The SMILES string of the molecule is COC(=O)c1cc(N2CC[C@@H](N)[C@@H](OC)C2)cnc1C. The minimum absolute atomic E-state index is 0.00775. The van der Waals surface area contributed by atoms with Crippen molar-refractivity contribution in [3.8, 4) is 0 Å². The Morgan fingerprint density at radius 3 is 2.90 bits per heavy atom. The third-order valence-electron chi connectivity index (χ3n) is 3.76. The molecule has 0 amide bonds. The number of rotatable bonds is 3. The van der Waals surface area contributed by atoms with Crippen molar-refractivity contribution >= 4 is 11.7 Å². The first-order valence-corrected chi connectivity index (χ1v) is 6.65. The number of nitrogens with zero attached hydrogens (tertiary/aromatic N) is 2. The van der Waals surface area contributed by atoms with Crippen molar-refractivity contribution in [3.63, 3.8) is 0 Å². The van der Waals surface area contributed by atoms with Crippen molar-refractivity contribution in [2.75, 3.05) is 32.2 Å². The molecule has 0 saturated carbocycles. The van der Waals surface area contributed by atoms with E-state index >= 15 is 0 Å². The average molecular weight is 279 g/mol. The molecule has 0 spiro atoms. The molecule has 110 valence electrons. The van der Waals surface area contributed by atoms with Gasteiger partial charge >= 0.3 is 5.97 Å². The maximum Gasteiger partial charge on any atom is 0.339 e. The quantitative estimate of drug-likeness (QED) is 0.822. The molecule has 6 heteroatoms. The molecular weight excluding hydrogens is 258 g/mol. The van der Waals surface area contributed by atoms with Gasteiger partial charge in [0.1, 0.15) is 0 Å². The van der Waals surface area contributed by atoms with Gasteiger partial charge < -0.3 is 20.1 Å². The number of ether oxygens (including phenoxy) is 2. The van der Waals surface area contributed by atoms with Crippen LogP contribution in [0, 0.1) is 6.92 Å². The Bertz CT molecular complexity index is 493. The number of anilines is 1. The third-order valence-corrected chi connectivity index (χ3v) is 3.76. The molecular formula is C14H21N3O3. The Morgan fingerprint density at radius 1 is 1.50 bits per heavy atom. The van der Waals surface area contributed by atoms with E-state index < -0.39 is 0 Å². The first-order valence-electron chi connectivity index (χ1n) is 6.65. The van der Waals surface area contributed by atoms with Crippen molar-refractivity contribution in [2.24, 2.45) is 5.73 Å². The Kier molecular flexibility index (Phi) is 4.57. The van der Waals surface area contributed by atoms with Gasteiger partial charge in [-0.2, -0.15) is 0 Å². The van der Waals surface area contributed by atoms with E-state index in [2.05, 4.69) is 9.88 Å². The molecule has 0 aliphatic carbocycles. The topological polar surface area (TPSA) is 77.7 Å². The van der Waals surface area contributed by atoms with Crippen LogP contribution in [0.25, 0.3) is 0 Å². The highest BCUT2D eigenvalue weighted by Crippen LogP contribution is 2.22. The molecule has 1 fully saturated rings. The predicted molar refractivity (Wildman–Crippen MR) is 75.9 cm³/mol. The fourth-order valence-electron chi connectivity index (χ4n) is 2.43. The lowest BCUT2D eigenvalue weighted by molar-refractivity contribution is 0.0599. The molecule has 0 aromatic carbocycles. The number of piperidine rings is 1. The number of nitrogens with two attached hydrogens (primary N) is 1. The lowest BCUT2D eigenvalue weighted by atomic mass is 10.0. The van der Waals surface area contributed by atoms with Gasteiger partial charge in [-0.3, -0.25) is 4.98 Å². The predicted octanol–water partition coefficient (Wildman–Crippen LogP) is 0.729. The van der Waals surface area contributed by atoms with Crippen LogP contribution in [-0.2, 0) is 9.47 Å². The van der Waals surface area contributed by atoms with Crippen LogP contribution in [0.1, 0.15) is 22.5 Å². The Hall–Kier alpha value is -1.66. The Morgan fingerprint density at radius 2 is 2.25 bits per heavy atom. The maximum atomic E-state index is 11.7. The zero-order valence-electron chi connectivity index (χ0n) is 12.1. The third kappa shape index (κ3) is 2.91. The summed E-state index contributed by atoms with van der Waals surface area (Å²) in [5.74, 6) is -0.367. The van der Waals surface area contributed by atoms with Gasteiger partial charge in [0, 0.05) is 26.2 Å². The van der Waals surface area contributed by atoms with E-state index in [0.717, 1.165) is 18.7 Å². The van der Waals surface area contributed by atoms with E-state index in [4.69, 9.17) is 15.2 Å². The summed E-state index contributed by atoms with van der Waals surface area (Å²) in [6.07, 6.45) is 2.61. The summed E-state index contributed by atoms with van der Waals surface area (Å²) in [6.45, 7) is 3.31. The van der Waals surface area contributed by atoms with E-state index in [1.165, 1.54) is 7.11 Å². The maximum absolute atomic E-state index is 11.7. The van der Waals surface area contributed by atoms with Crippen LogP contribution >= 0.6 is 0 Å². The largest absolute Gasteiger partial charge is 0.465 e. The number of methoxy groups -OCH3 is 2. The minimum Gasteiger partial charge on any atom is -0.465 e. The molecule has 1 aromatic rings. The summed E-state index contributed by atoms with van der Waals surface area (Å²) >= 11 is 0. The zero-order valence-corrected chi connectivity index (χ0v) is 12.1. The van der Waals surface area contributed by atoms with Gasteiger partial charge in [-0.05, 0) is 19.4 Å². The second-order valence-corrected chi connectivity index (χ2v) is 4.99. The van der Waals surface area contributed by atoms with Gasteiger partial charge in [-0.1, -0.05) is 0 Å². The standard InChI is InChI=1S/C14H21N3O3/c1-9-11(14(18)20-3)6-10(7-16-9)17-5-4-12(15)13(8-17)19-2/h6-7,12-13H,4-5,8,15H2,1-3H3/t12-,13+/m1/s1. The highest BCUT2D eigenvalue weighted by atomic mass is 16.5. The lowest BCUT2D eigenvalue weighted by Crippen LogP contribution is -2.51. The van der Waals surface area contributed by atoms with Crippen LogP contribution in [0.3, 0.4) is 0 Å². The highest BCUT2D eigenvalue weighted by Gasteiger charge is 2.27. The molecule has 2 rings (SSSR count). The van der Waals surface area contributed by atoms with Crippen LogP contribution in [0.15, 0.2) is 12.3 Å². The molecule has 20 heavy (non-hydrogen) atoms. The first kappa shape index (κ1) is 14.7. The van der Waals surface area contributed by atoms with Crippen LogP contribution in [0.2, 0.25) is 0 Å². The number of aromatic nitrogens is 1. The fourth-order valence-corrected chi connectivity index (χ4v) is 2.43. The Labute approximate surface area is 118 Å². The number of carbonyl (C=O) groups excluding carboxylic acids is 1. The molecule has 1 aliphatic heterocycles. The summed E-state index contributed by atoms with van der Waals surface area (Å²) in [5, 5.41) is 0. The molecule has 1 aliphatic rings. The summed E-state index contributed by atoms with van der Waals surface area (Å²) in [5.41, 5.74) is 8.06. The smallest absolute Gasteiger partial charge is 0.339 e.